The summed E-state index contributed by atoms with van der Waals surface area (Å²) in [6.07, 6.45) is 9.09. The third-order valence-corrected chi connectivity index (χ3v) is 4.79. The van der Waals surface area contributed by atoms with Gasteiger partial charge >= 0.3 is 0 Å². The lowest BCUT2D eigenvalue weighted by Gasteiger charge is -2.19. The first-order valence-corrected chi connectivity index (χ1v) is 8.60. The molecule has 1 aromatic carbocycles. The molecule has 0 saturated heterocycles. The van der Waals surface area contributed by atoms with Crippen molar-refractivity contribution < 1.29 is 4.74 Å². The normalized spacial score (nSPS) is 18.8. The van der Waals surface area contributed by atoms with Crippen LogP contribution in [-0.4, -0.2) is 32.2 Å². The molecule has 3 rings (SSSR count). The Labute approximate surface area is 162 Å². The van der Waals surface area contributed by atoms with E-state index in [-0.39, 0.29) is 29.4 Å². The highest BCUT2D eigenvalue weighted by Gasteiger charge is 2.44. The van der Waals surface area contributed by atoms with E-state index >= 15 is 0 Å². The fraction of sp³-hybridized carbons (Fsp3) is 0.526. The van der Waals surface area contributed by atoms with Gasteiger partial charge in [0.25, 0.3) is 0 Å². The number of methoxy groups -OCH3 is 1. The Balaban J connectivity index is 0.00000208. The molecule has 1 aromatic rings. The van der Waals surface area contributed by atoms with Crippen LogP contribution in [-0.2, 0) is 5.41 Å². The quantitative estimate of drug-likeness (QED) is 0.307. The molecule has 2 aliphatic rings. The Kier molecular flexibility index (Phi) is 6.95. The largest absolute Gasteiger partial charge is 0.497 e. The second-order valence-electron chi connectivity index (χ2n) is 6.49. The topological polar surface area (TPSA) is 45.7 Å². The molecule has 0 unspecified atom stereocenters. The molecule has 0 aromatic heterocycles. The average molecular weight is 441 g/mol. The van der Waals surface area contributed by atoms with E-state index < -0.39 is 0 Å². The van der Waals surface area contributed by atoms with Gasteiger partial charge in [-0.15, -0.1) is 24.0 Å². The summed E-state index contributed by atoms with van der Waals surface area (Å²) in [5.41, 5.74) is 1.60. The predicted molar refractivity (Wildman–Crippen MR) is 111 cm³/mol. The van der Waals surface area contributed by atoms with Crippen LogP contribution in [0.15, 0.2) is 41.4 Å². The Bertz CT molecular complexity index is 571. The first-order valence-electron chi connectivity index (χ1n) is 8.60. The van der Waals surface area contributed by atoms with Gasteiger partial charge in [-0.25, -0.2) is 0 Å². The van der Waals surface area contributed by atoms with E-state index in [1.54, 1.807) is 7.11 Å². The standard InChI is InChI=1S/C19H27N3O.HI/c1-3-20-18(22-16-6-4-5-7-16)21-14-19(12-13-19)15-8-10-17(23-2)11-9-15;/h4-5,8-11,16H,3,6-7,12-14H2,1-2H3,(H2,20,21,22);1H. The third-order valence-electron chi connectivity index (χ3n) is 4.79. The Morgan fingerprint density at radius 3 is 2.42 bits per heavy atom. The highest BCUT2D eigenvalue weighted by Crippen LogP contribution is 2.48. The Morgan fingerprint density at radius 1 is 1.21 bits per heavy atom. The Hall–Kier alpha value is -1.24. The van der Waals surface area contributed by atoms with Crippen LogP contribution in [0.4, 0.5) is 0 Å². The van der Waals surface area contributed by atoms with Gasteiger partial charge in [0.05, 0.1) is 13.7 Å². The van der Waals surface area contributed by atoms with Gasteiger partial charge in [0, 0.05) is 18.0 Å². The molecule has 2 aliphatic carbocycles. The van der Waals surface area contributed by atoms with Crippen molar-refractivity contribution in [1.29, 1.82) is 0 Å². The van der Waals surface area contributed by atoms with Gasteiger partial charge in [0.1, 0.15) is 5.75 Å². The van der Waals surface area contributed by atoms with E-state index in [0.29, 0.717) is 6.04 Å². The fourth-order valence-electron chi connectivity index (χ4n) is 3.11. The smallest absolute Gasteiger partial charge is 0.191 e. The second kappa shape index (κ2) is 8.74. The number of rotatable bonds is 6. The van der Waals surface area contributed by atoms with Gasteiger partial charge in [0.15, 0.2) is 5.96 Å². The molecule has 0 radical (unpaired) electrons. The zero-order chi connectivity index (χ0) is 16.1. The van der Waals surface area contributed by atoms with Crippen LogP contribution < -0.4 is 15.4 Å². The first-order chi connectivity index (χ1) is 11.3. The number of nitrogens with zero attached hydrogens (tertiary/aromatic N) is 1. The SMILES string of the molecule is CCNC(=NCC1(c2ccc(OC)cc2)CC1)NC1CC=CC1.I. The van der Waals surface area contributed by atoms with Crippen LogP contribution in [0.2, 0.25) is 0 Å². The summed E-state index contributed by atoms with van der Waals surface area (Å²) in [5, 5.41) is 6.91. The molecule has 1 fully saturated rings. The molecule has 1 saturated carbocycles. The molecular weight excluding hydrogens is 413 g/mol. The molecule has 0 atom stereocenters. The molecule has 5 heteroatoms. The molecule has 24 heavy (non-hydrogen) atoms. The lowest BCUT2D eigenvalue weighted by molar-refractivity contribution is 0.414. The van der Waals surface area contributed by atoms with E-state index in [1.165, 1.54) is 18.4 Å². The summed E-state index contributed by atoms with van der Waals surface area (Å²) in [7, 11) is 1.71. The van der Waals surface area contributed by atoms with Crippen molar-refractivity contribution in [2.75, 3.05) is 20.2 Å². The molecule has 0 bridgehead atoms. The minimum Gasteiger partial charge on any atom is -0.497 e. The van der Waals surface area contributed by atoms with Crippen LogP contribution in [0.5, 0.6) is 5.75 Å². The van der Waals surface area contributed by atoms with Crippen molar-refractivity contribution >= 4 is 29.9 Å². The summed E-state index contributed by atoms with van der Waals surface area (Å²) in [6, 6.07) is 8.95. The van der Waals surface area contributed by atoms with E-state index in [9.17, 15) is 0 Å². The van der Waals surface area contributed by atoms with E-state index in [1.807, 2.05) is 12.1 Å². The van der Waals surface area contributed by atoms with Gasteiger partial charge in [0.2, 0.25) is 0 Å². The molecule has 0 spiro atoms. The van der Waals surface area contributed by atoms with Crippen molar-refractivity contribution in [2.45, 2.75) is 44.1 Å². The minimum absolute atomic E-state index is 0. The van der Waals surface area contributed by atoms with Crippen molar-refractivity contribution in [3.05, 3.63) is 42.0 Å². The van der Waals surface area contributed by atoms with Crippen molar-refractivity contribution in [3.63, 3.8) is 0 Å². The molecule has 0 amide bonds. The number of halogens is 1. The van der Waals surface area contributed by atoms with Gasteiger partial charge in [-0.3, -0.25) is 4.99 Å². The van der Waals surface area contributed by atoms with E-state index in [4.69, 9.17) is 9.73 Å². The summed E-state index contributed by atoms with van der Waals surface area (Å²) in [5.74, 6) is 1.86. The maximum atomic E-state index is 5.25. The zero-order valence-electron chi connectivity index (χ0n) is 14.5. The van der Waals surface area contributed by atoms with Crippen LogP contribution in [0.25, 0.3) is 0 Å². The fourth-order valence-corrected chi connectivity index (χ4v) is 3.11. The summed E-state index contributed by atoms with van der Waals surface area (Å²) in [6.45, 7) is 3.84. The lowest BCUT2D eigenvalue weighted by Crippen LogP contribution is -2.42. The van der Waals surface area contributed by atoms with E-state index in [0.717, 1.165) is 37.6 Å². The number of benzene rings is 1. The zero-order valence-corrected chi connectivity index (χ0v) is 16.9. The molecule has 132 valence electrons. The summed E-state index contributed by atoms with van der Waals surface area (Å²) >= 11 is 0. The van der Waals surface area contributed by atoms with Crippen molar-refractivity contribution in [1.82, 2.24) is 10.6 Å². The van der Waals surface area contributed by atoms with Crippen LogP contribution in [0, 0.1) is 0 Å². The number of aliphatic imine (C=N–C) groups is 1. The van der Waals surface area contributed by atoms with Gasteiger partial charge < -0.3 is 15.4 Å². The maximum Gasteiger partial charge on any atom is 0.191 e. The highest BCUT2D eigenvalue weighted by molar-refractivity contribution is 14.0. The number of hydrogen-bond donors (Lipinski definition) is 2. The maximum absolute atomic E-state index is 5.25. The van der Waals surface area contributed by atoms with Gasteiger partial charge in [-0.1, -0.05) is 24.3 Å². The molecular formula is C19H28IN3O. The van der Waals surface area contributed by atoms with Gasteiger partial charge in [-0.05, 0) is 50.3 Å². The average Bonchev–Trinajstić information content (AvgIpc) is 3.21. The minimum atomic E-state index is 0. The lowest BCUT2D eigenvalue weighted by atomic mass is 9.96. The monoisotopic (exact) mass is 441 g/mol. The van der Waals surface area contributed by atoms with Crippen LogP contribution in [0.1, 0.15) is 38.2 Å². The third kappa shape index (κ3) is 4.65. The molecule has 4 nitrogen and oxygen atoms in total. The van der Waals surface area contributed by atoms with Crippen LogP contribution in [0.3, 0.4) is 0 Å². The molecule has 2 N–H and O–H groups in total. The van der Waals surface area contributed by atoms with Crippen molar-refractivity contribution in [2.24, 2.45) is 4.99 Å². The summed E-state index contributed by atoms with van der Waals surface area (Å²) in [4.78, 5) is 4.87. The first kappa shape index (κ1) is 19.1. The number of ether oxygens (including phenoxy) is 1. The molecule has 0 aliphatic heterocycles. The number of guanidine groups is 1. The number of nitrogens with one attached hydrogen (secondary N) is 2. The van der Waals surface area contributed by atoms with Crippen LogP contribution >= 0.6 is 24.0 Å². The second-order valence-corrected chi connectivity index (χ2v) is 6.49. The Morgan fingerprint density at radius 2 is 1.88 bits per heavy atom. The van der Waals surface area contributed by atoms with Crippen molar-refractivity contribution in [3.8, 4) is 5.75 Å². The van der Waals surface area contributed by atoms with Gasteiger partial charge in [-0.2, -0.15) is 0 Å². The predicted octanol–water partition coefficient (Wildman–Crippen LogP) is 3.62. The van der Waals surface area contributed by atoms with E-state index in [2.05, 4.69) is 41.8 Å². The molecule has 0 heterocycles. The number of hydrogen-bond acceptors (Lipinski definition) is 2. The highest BCUT2D eigenvalue weighted by atomic mass is 127. The summed E-state index contributed by atoms with van der Waals surface area (Å²) < 4.78 is 5.25.